The minimum atomic E-state index is -3.85. The number of amidine groups is 1. The number of halogens is 4. The third-order valence-electron chi connectivity index (χ3n) is 3.04. The second kappa shape index (κ2) is 7.18. The van der Waals surface area contributed by atoms with Crippen LogP contribution >= 0.6 is 33.9 Å². The Morgan fingerprint density at radius 2 is 1.92 bits per heavy atom. The fraction of sp³-hybridized carbons (Fsp3) is 0.154. The Morgan fingerprint density at radius 1 is 1.33 bits per heavy atom. The van der Waals surface area contributed by atoms with Crippen molar-refractivity contribution in [3.8, 4) is 0 Å². The molecule has 0 aliphatic rings. The lowest BCUT2D eigenvalue weighted by Gasteiger charge is -2.07. The van der Waals surface area contributed by atoms with E-state index < -0.39 is 14.9 Å². The smallest absolute Gasteiger partial charge is 0.262 e. The highest BCUT2D eigenvalue weighted by Gasteiger charge is 2.16. The van der Waals surface area contributed by atoms with E-state index in [4.69, 9.17) is 39.6 Å². The molecular weight excluding hydrogens is 402 g/mol. The summed E-state index contributed by atoms with van der Waals surface area (Å²) in [7, 11) is 3.04. The molecule has 11 heteroatoms. The van der Waals surface area contributed by atoms with Crippen LogP contribution in [0.4, 0.5) is 10.1 Å². The minimum absolute atomic E-state index is 0.0399. The average molecular weight is 414 g/mol. The van der Waals surface area contributed by atoms with Crippen molar-refractivity contribution in [2.75, 3.05) is 12.0 Å². The second-order valence-electron chi connectivity index (χ2n) is 4.74. The molecule has 2 rings (SSSR count). The molecule has 0 unspecified atom stereocenters. The predicted molar refractivity (Wildman–Crippen MR) is 94.1 cm³/mol. The van der Waals surface area contributed by atoms with Gasteiger partial charge in [-0.3, -0.25) is 0 Å². The molecule has 1 aromatic heterocycles. The van der Waals surface area contributed by atoms with Crippen LogP contribution in [0.15, 0.2) is 34.3 Å². The molecule has 130 valence electrons. The number of benzene rings is 1. The molecule has 6 nitrogen and oxygen atoms in total. The number of aliphatic imine (C=N–C) groups is 1. The molecule has 0 aliphatic carbocycles. The van der Waals surface area contributed by atoms with Crippen LogP contribution in [0, 0.1) is 5.82 Å². The van der Waals surface area contributed by atoms with Crippen LogP contribution in [-0.4, -0.2) is 25.5 Å². The Bertz CT molecular complexity index is 889. The van der Waals surface area contributed by atoms with E-state index >= 15 is 0 Å². The summed E-state index contributed by atoms with van der Waals surface area (Å²) in [4.78, 5) is 3.99. The van der Waals surface area contributed by atoms with E-state index in [0.29, 0.717) is 11.4 Å². The van der Waals surface area contributed by atoms with Gasteiger partial charge in [0.05, 0.1) is 15.7 Å². The second-order valence-corrected chi connectivity index (χ2v) is 8.12. The maximum absolute atomic E-state index is 13.3. The zero-order chi connectivity index (χ0) is 18.1. The van der Waals surface area contributed by atoms with Crippen LogP contribution in [0.2, 0.25) is 10.0 Å². The Labute approximate surface area is 152 Å². The summed E-state index contributed by atoms with van der Waals surface area (Å²) in [6.07, 6.45) is 1.33. The van der Waals surface area contributed by atoms with Crippen LogP contribution in [0.25, 0.3) is 0 Å². The van der Waals surface area contributed by atoms with Crippen LogP contribution < -0.4 is 11.1 Å². The van der Waals surface area contributed by atoms with Crippen molar-refractivity contribution in [1.82, 2.24) is 4.57 Å². The Balaban J connectivity index is 2.14. The summed E-state index contributed by atoms with van der Waals surface area (Å²) in [5.41, 5.74) is 6.68. The molecule has 0 radical (unpaired) electrons. The van der Waals surface area contributed by atoms with Gasteiger partial charge in [-0.05, 0) is 18.2 Å². The van der Waals surface area contributed by atoms with Crippen LogP contribution in [0.3, 0.4) is 0 Å². The van der Waals surface area contributed by atoms with Gasteiger partial charge in [0.15, 0.2) is 5.82 Å². The lowest BCUT2D eigenvalue weighted by Crippen LogP contribution is -2.18. The molecule has 0 aliphatic heterocycles. The lowest BCUT2D eigenvalue weighted by atomic mass is 10.3. The van der Waals surface area contributed by atoms with Gasteiger partial charge in [-0.25, -0.2) is 17.8 Å². The monoisotopic (exact) mass is 412 g/mol. The molecular formula is C13H12Cl3FN4O2S. The molecule has 0 bridgehead atoms. The first kappa shape index (κ1) is 18.9. The highest BCUT2D eigenvalue weighted by atomic mass is 35.7. The standard InChI is InChI=1S/C13H12Cl3FN4O2S/c1-21-5-8(24(16,22)23)4-11(21)13(18)20-6-19-7-2-9(14)12(17)10(15)3-7/h2-5,19H,6H2,1H3,(H2,18,20). The van der Waals surface area contributed by atoms with Gasteiger partial charge in [0.2, 0.25) is 0 Å². The maximum Gasteiger partial charge on any atom is 0.262 e. The van der Waals surface area contributed by atoms with Crippen molar-refractivity contribution in [2.24, 2.45) is 17.8 Å². The largest absolute Gasteiger partial charge is 0.382 e. The van der Waals surface area contributed by atoms with Crippen LogP contribution in [-0.2, 0) is 16.1 Å². The highest BCUT2D eigenvalue weighted by molar-refractivity contribution is 8.13. The number of anilines is 1. The van der Waals surface area contributed by atoms with Gasteiger partial charge >= 0.3 is 0 Å². The SMILES string of the molecule is Cn1cc(S(=O)(=O)Cl)cc1C(N)=NCNc1cc(Cl)c(F)c(Cl)c1. The van der Waals surface area contributed by atoms with Gasteiger partial charge in [-0.15, -0.1) is 0 Å². The van der Waals surface area contributed by atoms with Gasteiger partial charge in [0.25, 0.3) is 9.05 Å². The van der Waals surface area contributed by atoms with Gasteiger partial charge in [-0.1, -0.05) is 23.2 Å². The van der Waals surface area contributed by atoms with Gasteiger partial charge in [0, 0.05) is 29.6 Å². The number of rotatable bonds is 5. The molecule has 0 spiro atoms. The summed E-state index contributed by atoms with van der Waals surface area (Å²) in [5.74, 6) is -0.610. The summed E-state index contributed by atoms with van der Waals surface area (Å²) >= 11 is 11.4. The summed E-state index contributed by atoms with van der Waals surface area (Å²) in [5, 5.41) is 2.61. The number of nitrogens with two attached hydrogens (primary N) is 1. The van der Waals surface area contributed by atoms with Crippen molar-refractivity contribution in [1.29, 1.82) is 0 Å². The fourth-order valence-electron chi connectivity index (χ4n) is 1.88. The van der Waals surface area contributed by atoms with E-state index in [-0.39, 0.29) is 27.4 Å². The molecule has 1 heterocycles. The van der Waals surface area contributed by atoms with E-state index in [0.717, 1.165) is 0 Å². The number of nitrogens with zero attached hydrogens (tertiary/aromatic N) is 2. The average Bonchev–Trinajstić information content (AvgIpc) is 2.86. The molecule has 0 atom stereocenters. The first-order valence-corrected chi connectivity index (χ1v) is 9.46. The normalized spacial score (nSPS) is 12.5. The van der Waals surface area contributed by atoms with Crippen molar-refractivity contribution in [2.45, 2.75) is 4.90 Å². The predicted octanol–water partition coefficient (Wildman–Crippen LogP) is 3.17. The van der Waals surface area contributed by atoms with E-state index in [1.54, 1.807) is 7.05 Å². The van der Waals surface area contributed by atoms with Crippen molar-refractivity contribution in [3.63, 3.8) is 0 Å². The number of nitrogens with one attached hydrogen (secondary N) is 1. The van der Waals surface area contributed by atoms with Gasteiger partial charge in [-0.2, -0.15) is 0 Å². The van der Waals surface area contributed by atoms with Gasteiger partial charge in [0.1, 0.15) is 17.4 Å². The molecule has 0 amide bonds. The maximum atomic E-state index is 13.3. The van der Waals surface area contributed by atoms with E-state index in [9.17, 15) is 12.8 Å². The number of aromatic nitrogens is 1. The summed E-state index contributed by atoms with van der Waals surface area (Å²) in [6, 6.07) is 4.02. The van der Waals surface area contributed by atoms with E-state index in [1.807, 2.05) is 0 Å². The van der Waals surface area contributed by atoms with Gasteiger partial charge < -0.3 is 15.6 Å². The fourth-order valence-corrected chi connectivity index (χ4v) is 3.15. The van der Waals surface area contributed by atoms with Crippen LogP contribution in [0.1, 0.15) is 5.69 Å². The summed E-state index contributed by atoms with van der Waals surface area (Å²) < 4.78 is 37.4. The van der Waals surface area contributed by atoms with E-state index in [1.165, 1.54) is 29.0 Å². The Kier molecular flexibility index (Phi) is 5.64. The topological polar surface area (TPSA) is 89.5 Å². The zero-order valence-electron chi connectivity index (χ0n) is 12.2. The Hall–Kier alpha value is -1.48. The molecule has 2 aromatic rings. The first-order valence-electron chi connectivity index (χ1n) is 6.39. The Morgan fingerprint density at radius 3 is 2.42 bits per heavy atom. The third-order valence-corrected chi connectivity index (χ3v) is 4.91. The van der Waals surface area contributed by atoms with Crippen molar-refractivity contribution < 1.29 is 12.8 Å². The van der Waals surface area contributed by atoms with E-state index in [2.05, 4.69) is 10.3 Å². The minimum Gasteiger partial charge on any atom is -0.382 e. The van der Waals surface area contributed by atoms with Crippen LogP contribution in [0.5, 0.6) is 0 Å². The molecule has 0 saturated carbocycles. The molecule has 0 saturated heterocycles. The molecule has 3 N–H and O–H groups in total. The quantitative estimate of drug-likeness (QED) is 0.341. The number of aryl methyl sites for hydroxylation is 1. The molecule has 0 fully saturated rings. The zero-order valence-corrected chi connectivity index (χ0v) is 15.3. The van der Waals surface area contributed by atoms with Crippen molar-refractivity contribution in [3.05, 3.63) is 46.0 Å². The first-order chi connectivity index (χ1) is 11.1. The third kappa shape index (κ3) is 4.32. The van der Waals surface area contributed by atoms with Crippen molar-refractivity contribution >= 4 is 54.5 Å². The summed E-state index contributed by atoms with van der Waals surface area (Å²) in [6.45, 7) is 0.0399. The highest BCUT2D eigenvalue weighted by Crippen LogP contribution is 2.27. The molecule has 1 aromatic carbocycles. The molecule has 24 heavy (non-hydrogen) atoms. The number of hydrogen-bond acceptors (Lipinski definition) is 4. The number of hydrogen-bond donors (Lipinski definition) is 2. The lowest BCUT2D eigenvalue weighted by molar-refractivity contribution is 0.609.